The van der Waals surface area contributed by atoms with Crippen LogP contribution in [-0.4, -0.2) is 19.8 Å². The van der Waals surface area contributed by atoms with E-state index in [2.05, 4.69) is 10.4 Å². The Kier molecular flexibility index (Phi) is 3.20. The summed E-state index contributed by atoms with van der Waals surface area (Å²) in [6, 6.07) is 19.9. The Labute approximate surface area is 115 Å². The maximum Gasteiger partial charge on any atom is 0.221 e. The van der Waals surface area contributed by atoms with Crippen LogP contribution in [0.3, 0.4) is 0 Å². The van der Waals surface area contributed by atoms with E-state index in [1.54, 1.807) is 9.36 Å². The molecule has 3 aromatic rings. The number of rotatable bonds is 3. The first-order chi connectivity index (χ1) is 9.34. The van der Waals surface area contributed by atoms with Gasteiger partial charge in [-0.25, -0.2) is 4.68 Å². The topological polar surface area (TPSA) is 35.6 Å². The highest BCUT2D eigenvalue weighted by molar-refractivity contribution is 7.71. The van der Waals surface area contributed by atoms with Crippen LogP contribution in [0.15, 0.2) is 60.7 Å². The van der Waals surface area contributed by atoms with E-state index in [1.807, 2.05) is 60.7 Å². The summed E-state index contributed by atoms with van der Waals surface area (Å²) in [5.41, 5.74) is 2.07. The average molecular weight is 268 g/mol. The Morgan fingerprint density at radius 3 is 2.16 bits per heavy atom. The van der Waals surface area contributed by atoms with E-state index in [0.29, 0.717) is 11.3 Å². The fourth-order valence-corrected chi connectivity index (χ4v) is 2.10. The minimum absolute atomic E-state index is 0.593. The lowest BCUT2D eigenvalue weighted by Gasteiger charge is -2.00. The van der Waals surface area contributed by atoms with Crippen molar-refractivity contribution in [1.82, 2.24) is 19.8 Å². The molecule has 3 rings (SSSR count). The van der Waals surface area contributed by atoms with Crippen molar-refractivity contribution in [3.05, 3.63) is 71.0 Å². The summed E-state index contributed by atoms with van der Waals surface area (Å²) >= 11 is 5.41. The van der Waals surface area contributed by atoms with Crippen molar-refractivity contribution in [1.29, 1.82) is 0 Å². The fraction of sp³-hybridized carbons (Fsp3) is 0.0714. The summed E-state index contributed by atoms with van der Waals surface area (Å²) in [4.78, 5) is 0. The van der Waals surface area contributed by atoms with Gasteiger partial charge in [0.2, 0.25) is 4.77 Å². The molecule has 0 bridgehead atoms. The van der Waals surface area contributed by atoms with Crippen LogP contribution in [0.1, 0.15) is 5.56 Å². The molecule has 0 saturated carbocycles. The average Bonchev–Trinajstić information content (AvgIpc) is 2.82. The minimum atomic E-state index is 0.593. The van der Waals surface area contributed by atoms with Gasteiger partial charge in [0, 0.05) is 0 Å². The molecule has 5 heteroatoms. The maximum atomic E-state index is 5.41. The van der Waals surface area contributed by atoms with Crippen LogP contribution in [0, 0.1) is 4.77 Å². The van der Waals surface area contributed by atoms with Gasteiger partial charge < -0.3 is 0 Å². The molecule has 2 aromatic carbocycles. The summed E-state index contributed by atoms with van der Waals surface area (Å²) in [5, 5.41) is 8.22. The number of para-hydroxylation sites is 1. The lowest BCUT2D eigenvalue weighted by atomic mass is 10.2. The number of hydrogen-bond donors (Lipinski definition) is 0. The quantitative estimate of drug-likeness (QED) is 0.685. The Morgan fingerprint density at radius 1 is 0.842 bits per heavy atom. The van der Waals surface area contributed by atoms with E-state index in [0.717, 1.165) is 11.3 Å². The highest BCUT2D eigenvalue weighted by Crippen LogP contribution is 2.07. The van der Waals surface area contributed by atoms with Crippen molar-refractivity contribution in [2.45, 2.75) is 6.54 Å². The smallest absolute Gasteiger partial charge is 0.214 e. The molecular formula is C14H12N4S. The predicted octanol–water partition coefficient (Wildman–Crippen LogP) is 2.85. The van der Waals surface area contributed by atoms with Gasteiger partial charge in [-0.15, -0.1) is 0 Å². The summed E-state index contributed by atoms with van der Waals surface area (Å²) in [6.45, 7) is 0.631. The first kappa shape index (κ1) is 11.8. The van der Waals surface area contributed by atoms with Gasteiger partial charge in [-0.2, -0.15) is 4.68 Å². The molecular weight excluding hydrogens is 256 g/mol. The molecule has 1 aromatic heterocycles. The number of nitrogens with zero attached hydrogens (tertiary/aromatic N) is 4. The number of benzene rings is 2. The Morgan fingerprint density at radius 2 is 1.47 bits per heavy atom. The largest absolute Gasteiger partial charge is 0.221 e. The zero-order valence-corrected chi connectivity index (χ0v) is 11.0. The van der Waals surface area contributed by atoms with Gasteiger partial charge in [-0.1, -0.05) is 48.5 Å². The van der Waals surface area contributed by atoms with Gasteiger partial charge in [-0.3, -0.25) is 0 Å². The molecule has 4 nitrogen and oxygen atoms in total. The minimum Gasteiger partial charge on any atom is -0.214 e. The predicted molar refractivity (Wildman–Crippen MR) is 75.7 cm³/mol. The zero-order chi connectivity index (χ0) is 13.1. The molecule has 0 atom stereocenters. The third-order valence-corrected chi connectivity index (χ3v) is 3.20. The zero-order valence-electron chi connectivity index (χ0n) is 10.2. The van der Waals surface area contributed by atoms with Gasteiger partial charge in [0.05, 0.1) is 12.2 Å². The molecule has 0 aliphatic carbocycles. The first-order valence-electron chi connectivity index (χ1n) is 5.97. The highest BCUT2D eigenvalue weighted by Gasteiger charge is 2.05. The van der Waals surface area contributed by atoms with Crippen LogP contribution in [0.4, 0.5) is 0 Å². The van der Waals surface area contributed by atoms with Crippen molar-refractivity contribution in [3.8, 4) is 5.69 Å². The summed E-state index contributed by atoms with van der Waals surface area (Å²) in [6.07, 6.45) is 0. The Balaban J connectivity index is 1.94. The Bertz CT molecular complexity index is 716. The van der Waals surface area contributed by atoms with E-state index in [4.69, 9.17) is 12.2 Å². The van der Waals surface area contributed by atoms with E-state index < -0.39 is 0 Å². The van der Waals surface area contributed by atoms with Gasteiger partial charge in [0.25, 0.3) is 0 Å². The van der Waals surface area contributed by atoms with Crippen LogP contribution in [0.25, 0.3) is 5.69 Å². The molecule has 0 unspecified atom stereocenters. The van der Waals surface area contributed by atoms with Crippen molar-refractivity contribution in [2.75, 3.05) is 0 Å². The van der Waals surface area contributed by atoms with Crippen molar-refractivity contribution >= 4 is 12.2 Å². The first-order valence-corrected chi connectivity index (χ1v) is 6.37. The monoisotopic (exact) mass is 268 g/mol. The van der Waals surface area contributed by atoms with Gasteiger partial charge in [0.1, 0.15) is 0 Å². The van der Waals surface area contributed by atoms with Gasteiger partial charge in [-0.05, 0) is 40.3 Å². The molecule has 0 radical (unpaired) electrons. The van der Waals surface area contributed by atoms with Crippen LogP contribution in [-0.2, 0) is 6.54 Å². The van der Waals surface area contributed by atoms with E-state index in [1.165, 1.54) is 0 Å². The maximum absolute atomic E-state index is 5.41. The normalized spacial score (nSPS) is 10.5. The van der Waals surface area contributed by atoms with Crippen LogP contribution in [0.2, 0.25) is 0 Å². The van der Waals surface area contributed by atoms with Crippen molar-refractivity contribution < 1.29 is 0 Å². The van der Waals surface area contributed by atoms with Crippen LogP contribution < -0.4 is 0 Å². The molecule has 0 saturated heterocycles. The van der Waals surface area contributed by atoms with E-state index in [-0.39, 0.29) is 0 Å². The summed E-state index contributed by atoms with van der Waals surface area (Å²) in [7, 11) is 0. The molecule has 0 aliphatic rings. The molecule has 0 amide bonds. The lowest BCUT2D eigenvalue weighted by molar-refractivity contribution is 0.641. The van der Waals surface area contributed by atoms with E-state index in [9.17, 15) is 0 Å². The van der Waals surface area contributed by atoms with Crippen LogP contribution >= 0.6 is 12.2 Å². The second-order valence-electron chi connectivity index (χ2n) is 4.15. The fourth-order valence-electron chi connectivity index (χ4n) is 1.86. The van der Waals surface area contributed by atoms with Gasteiger partial charge >= 0.3 is 0 Å². The summed E-state index contributed by atoms with van der Waals surface area (Å²) in [5.74, 6) is 0. The van der Waals surface area contributed by atoms with Crippen molar-refractivity contribution in [3.63, 3.8) is 0 Å². The SMILES string of the molecule is S=c1n(Cc2ccccc2)nnn1-c1ccccc1. The van der Waals surface area contributed by atoms with E-state index >= 15 is 0 Å². The van der Waals surface area contributed by atoms with Gasteiger partial charge in [0.15, 0.2) is 0 Å². The van der Waals surface area contributed by atoms with Crippen molar-refractivity contribution in [2.24, 2.45) is 0 Å². The number of hydrogen-bond acceptors (Lipinski definition) is 3. The molecule has 0 fully saturated rings. The molecule has 0 aliphatic heterocycles. The molecule has 0 spiro atoms. The Hall–Kier alpha value is -2.27. The molecule has 19 heavy (non-hydrogen) atoms. The molecule has 94 valence electrons. The third kappa shape index (κ3) is 2.46. The second kappa shape index (κ2) is 5.16. The molecule has 0 N–H and O–H groups in total. The standard InChI is InChI=1S/C14H12N4S/c19-14-17(11-12-7-3-1-4-8-12)15-16-18(14)13-9-5-2-6-10-13/h1-10H,11H2. The lowest BCUT2D eigenvalue weighted by Crippen LogP contribution is -2.02. The number of tetrazole rings is 1. The van der Waals surface area contributed by atoms with Crippen LogP contribution in [0.5, 0.6) is 0 Å². The number of aromatic nitrogens is 4. The summed E-state index contributed by atoms with van der Waals surface area (Å²) < 4.78 is 3.98. The highest BCUT2D eigenvalue weighted by atomic mass is 32.1. The second-order valence-corrected chi connectivity index (χ2v) is 4.52. The molecule has 1 heterocycles. The third-order valence-electron chi connectivity index (χ3n) is 2.82.